The molecule has 0 amide bonds. The highest BCUT2D eigenvalue weighted by Crippen LogP contribution is 2.22. The highest BCUT2D eigenvalue weighted by molar-refractivity contribution is 7.89. The molecule has 1 aromatic carbocycles. The predicted molar refractivity (Wildman–Crippen MR) is 70.0 cm³/mol. The van der Waals surface area contributed by atoms with E-state index in [1.165, 1.54) is 18.3 Å². The molecule has 1 aromatic heterocycles. The van der Waals surface area contributed by atoms with Gasteiger partial charge in [0.1, 0.15) is 10.7 Å². The zero-order valence-corrected chi connectivity index (χ0v) is 11.4. The Hall–Kier alpha value is -1.41. The Morgan fingerprint density at radius 3 is 2.84 bits per heavy atom. The molecule has 0 aliphatic carbocycles. The van der Waals surface area contributed by atoms with Crippen LogP contribution in [0.2, 0.25) is 5.02 Å². The van der Waals surface area contributed by atoms with E-state index in [0.29, 0.717) is 11.4 Å². The summed E-state index contributed by atoms with van der Waals surface area (Å²) < 4.78 is 26.6. The van der Waals surface area contributed by atoms with Crippen molar-refractivity contribution in [2.45, 2.75) is 18.0 Å². The lowest BCUT2D eigenvalue weighted by molar-refractivity contribution is 0.281. The van der Waals surface area contributed by atoms with Gasteiger partial charge in [-0.25, -0.2) is 18.1 Å². The topological polar surface area (TPSA) is 95.1 Å². The lowest BCUT2D eigenvalue weighted by Crippen LogP contribution is -2.24. The SMILES string of the molecule is O=S(=O)(NCc1ncc[nH]1)c1cc(CO)ccc1Cl. The van der Waals surface area contributed by atoms with Crippen molar-refractivity contribution in [3.8, 4) is 0 Å². The molecule has 2 rings (SSSR count). The number of sulfonamides is 1. The fraction of sp³-hybridized carbons (Fsp3) is 0.182. The van der Waals surface area contributed by atoms with Crippen molar-refractivity contribution >= 4 is 21.6 Å². The zero-order valence-electron chi connectivity index (χ0n) is 9.80. The Bertz CT molecular complexity index is 656. The molecule has 102 valence electrons. The van der Waals surface area contributed by atoms with Crippen LogP contribution < -0.4 is 4.72 Å². The molecule has 0 saturated heterocycles. The summed E-state index contributed by atoms with van der Waals surface area (Å²) >= 11 is 5.87. The molecule has 8 heteroatoms. The number of aliphatic hydroxyl groups excluding tert-OH is 1. The molecule has 6 nitrogen and oxygen atoms in total. The van der Waals surface area contributed by atoms with Gasteiger partial charge in [-0.3, -0.25) is 0 Å². The molecule has 0 saturated carbocycles. The van der Waals surface area contributed by atoms with Gasteiger partial charge in [0.25, 0.3) is 0 Å². The van der Waals surface area contributed by atoms with E-state index in [1.807, 2.05) is 0 Å². The first kappa shape index (κ1) is 14.0. The van der Waals surface area contributed by atoms with Crippen LogP contribution in [0.3, 0.4) is 0 Å². The third kappa shape index (κ3) is 3.32. The van der Waals surface area contributed by atoms with Gasteiger partial charge in [0, 0.05) is 12.4 Å². The van der Waals surface area contributed by atoms with E-state index in [4.69, 9.17) is 16.7 Å². The maximum atomic E-state index is 12.1. The number of aromatic nitrogens is 2. The van der Waals surface area contributed by atoms with E-state index >= 15 is 0 Å². The second kappa shape index (κ2) is 5.70. The monoisotopic (exact) mass is 301 g/mol. The summed E-state index contributed by atoms with van der Waals surface area (Å²) in [5.74, 6) is 0.498. The largest absolute Gasteiger partial charge is 0.392 e. The summed E-state index contributed by atoms with van der Waals surface area (Å²) in [6, 6.07) is 4.34. The van der Waals surface area contributed by atoms with Crippen LogP contribution in [0.25, 0.3) is 0 Å². The molecule has 0 aliphatic rings. The number of nitrogens with one attached hydrogen (secondary N) is 2. The number of nitrogens with zero attached hydrogens (tertiary/aromatic N) is 1. The maximum Gasteiger partial charge on any atom is 0.242 e. The van der Waals surface area contributed by atoms with Crippen LogP contribution in [0.4, 0.5) is 0 Å². The van der Waals surface area contributed by atoms with Gasteiger partial charge in [-0.1, -0.05) is 17.7 Å². The summed E-state index contributed by atoms with van der Waals surface area (Å²) in [7, 11) is -3.75. The van der Waals surface area contributed by atoms with Crippen LogP contribution in [0, 0.1) is 0 Å². The minimum absolute atomic E-state index is 0.0367. The Morgan fingerprint density at radius 2 is 2.21 bits per heavy atom. The van der Waals surface area contributed by atoms with Crippen LogP contribution >= 0.6 is 11.6 Å². The fourth-order valence-corrected chi connectivity index (χ4v) is 3.02. The number of aliphatic hydroxyl groups is 1. The average Bonchev–Trinajstić information content (AvgIpc) is 2.90. The normalized spacial score (nSPS) is 11.7. The first-order valence-electron chi connectivity index (χ1n) is 5.40. The van der Waals surface area contributed by atoms with Crippen molar-refractivity contribution in [2.24, 2.45) is 0 Å². The molecule has 19 heavy (non-hydrogen) atoms. The summed E-state index contributed by atoms with van der Waals surface area (Å²) in [4.78, 5) is 6.64. The molecular weight excluding hydrogens is 290 g/mol. The number of rotatable bonds is 5. The van der Waals surface area contributed by atoms with Gasteiger partial charge >= 0.3 is 0 Å². The Kier molecular flexibility index (Phi) is 4.20. The summed E-state index contributed by atoms with van der Waals surface area (Å²) in [6.07, 6.45) is 3.13. The van der Waals surface area contributed by atoms with Crippen LogP contribution in [-0.4, -0.2) is 23.5 Å². The van der Waals surface area contributed by atoms with Crippen molar-refractivity contribution in [2.75, 3.05) is 0 Å². The zero-order chi connectivity index (χ0) is 13.9. The molecule has 0 fully saturated rings. The van der Waals surface area contributed by atoms with Gasteiger partial charge in [-0.2, -0.15) is 0 Å². The highest BCUT2D eigenvalue weighted by atomic mass is 35.5. The maximum absolute atomic E-state index is 12.1. The second-order valence-electron chi connectivity index (χ2n) is 3.78. The first-order valence-corrected chi connectivity index (χ1v) is 7.26. The standard InChI is InChI=1S/C11H12ClN3O3S/c12-9-2-1-8(7-16)5-10(9)19(17,18)15-6-11-13-3-4-14-11/h1-5,15-16H,6-7H2,(H,13,14). The molecule has 3 N–H and O–H groups in total. The number of imidazole rings is 1. The van der Waals surface area contributed by atoms with Crippen molar-refractivity contribution < 1.29 is 13.5 Å². The third-order valence-electron chi connectivity index (χ3n) is 2.45. The van der Waals surface area contributed by atoms with Gasteiger partial charge in [-0.05, 0) is 17.7 Å². The van der Waals surface area contributed by atoms with E-state index in [0.717, 1.165) is 0 Å². The molecular formula is C11H12ClN3O3S. The minimum atomic E-state index is -3.75. The van der Waals surface area contributed by atoms with E-state index in [9.17, 15) is 8.42 Å². The average molecular weight is 302 g/mol. The van der Waals surface area contributed by atoms with Crippen LogP contribution in [-0.2, 0) is 23.2 Å². The Morgan fingerprint density at radius 1 is 1.42 bits per heavy atom. The summed E-state index contributed by atoms with van der Waals surface area (Å²) in [6.45, 7) is -0.215. The van der Waals surface area contributed by atoms with E-state index in [1.54, 1.807) is 12.3 Å². The van der Waals surface area contributed by atoms with Crippen LogP contribution in [0.15, 0.2) is 35.5 Å². The molecule has 0 spiro atoms. The van der Waals surface area contributed by atoms with Gasteiger partial charge < -0.3 is 10.1 Å². The number of H-pyrrole nitrogens is 1. The van der Waals surface area contributed by atoms with E-state index in [2.05, 4.69) is 14.7 Å². The van der Waals surface area contributed by atoms with Gasteiger partial charge in [0.15, 0.2) is 0 Å². The minimum Gasteiger partial charge on any atom is -0.392 e. The van der Waals surface area contributed by atoms with Gasteiger partial charge in [0.2, 0.25) is 10.0 Å². The molecule has 2 aromatic rings. The van der Waals surface area contributed by atoms with Crippen molar-refractivity contribution in [1.82, 2.24) is 14.7 Å². The second-order valence-corrected chi connectivity index (χ2v) is 5.93. The van der Waals surface area contributed by atoms with E-state index in [-0.39, 0.29) is 23.1 Å². The van der Waals surface area contributed by atoms with Gasteiger partial charge in [-0.15, -0.1) is 0 Å². The molecule has 0 unspecified atom stereocenters. The fourth-order valence-electron chi connectivity index (χ4n) is 1.49. The van der Waals surface area contributed by atoms with Crippen molar-refractivity contribution in [3.63, 3.8) is 0 Å². The van der Waals surface area contributed by atoms with Crippen LogP contribution in [0.1, 0.15) is 11.4 Å². The van der Waals surface area contributed by atoms with Crippen molar-refractivity contribution in [3.05, 3.63) is 47.0 Å². The molecule has 0 atom stereocenters. The Balaban J connectivity index is 2.23. The van der Waals surface area contributed by atoms with Crippen molar-refractivity contribution in [1.29, 1.82) is 0 Å². The molecule has 1 heterocycles. The molecule has 0 radical (unpaired) electrons. The number of halogens is 1. The highest BCUT2D eigenvalue weighted by Gasteiger charge is 2.18. The van der Waals surface area contributed by atoms with Crippen LogP contribution in [0.5, 0.6) is 0 Å². The predicted octanol–water partition coefficient (Wildman–Crippen LogP) is 1.03. The number of hydrogen-bond donors (Lipinski definition) is 3. The molecule has 0 aliphatic heterocycles. The first-order chi connectivity index (χ1) is 9.03. The lowest BCUT2D eigenvalue weighted by Gasteiger charge is -2.08. The summed E-state index contributed by atoms with van der Waals surface area (Å²) in [5.41, 5.74) is 0.475. The molecule has 0 bridgehead atoms. The van der Waals surface area contributed by atoms with Gasteiger partial charge in [0.05, 0.1) is 18.2 Å². The number of hydrogen-bond acceptors (Lipinski definition) is 4. The van der Waals surface area contributed by atoms with E-state index < -0.39 is 10.0 Å². The quantitative estimate of drug-likeness (QED) is 0.769. The smallest absolute Gasteiger partial charge is 0.242 e. The summed E-state index contributed by atoms with van der Waals surface area (Å²) in [5, 5.41) is 9.13. The Labute approximate surface area is 115 Å². The number of benzene rings is 1. The third-order valence-corrected chi connectivity index (χ3v) is 4.34. The number of aromatic amines is 1. The lowest BCUT2D eigenvalue weighted by atomic mass is 10.2.